The molecule has 0 bridgehead atoms. The first-order valence-corrected chi connectivity index (χ1v) is 9.91. The number of aliphatic hydroxyl groups excluding tert-OH is 1. The van der Waals surface area contributed by atoms with Crippen LogP contribution in [0.15, 0.2) is 47.4 Å². The number of aliphatic hydroxyl groups is 1. The van der Waals surface area contributed by atoms with E-state index >= 15 is 0 Å². The van der Waals surface area contributed by atoms with E-state index in [0.29, 0.717) is 18.1 Å². The molecule has 0 spiro atoms. The van der Waals surface area contributed by atoms with Gasteiger partial charge in [-0.15, -0.1) is 11.8 Å². The minimum atomic E-state index is -1.17. The van der Waals surface area contributed by atoms with Crippen molar-refractivity contribution < 1.29 is 14.6 Å². The van der Waals surface area contributed by atoms with Gasteiger partial charge in [-0.05, 0) is 43.9 Å². The largest absolute Gasteiger partial charge is 0.497 e. The monoisotopic (exact) mass is 406 g/mol. The average molecular weight is 407 g/mol. The first-order valence-electron chi connectivity index (χ1n) is 8.65. The zero-order valence-electron chi connectivity index (χ0n) is 15.6. The highest BCUT2D eigenvalue weighted by Gasteiger charge is 2.38. The second-order valence-corrected chi connectivity index (χ2v) is 8.20. The SMILES string of the molecule is COc1ccc(C2Sc3c(Cl)cccc3N(CCN(C)C)C(=O)C2O)cc1. The third-order valence-electron chi connectivity index (χ3n) is 4.50. The Hall–Kier alpha value is -1.73. The number of nitrogens with zero attached hydrogens (tertiary/aromatic N) is 2. The number of carbonyl (C=O) groups excluding carboxylic acids is 1. The number of methoxy groups -OCH3 is 1. The molecule has 144 valence electrons. The van der Waals surface area contributed by atoms with Crippen molar-refractivity contribution >= 4 is 35.0 Å². The van der Waals surface area contributed by atoms with E-state index in [0.717, 1.165) is 21.9 Å². The Bertz CT molecular complexity index is 813. The highest BCUT2D eigenvalue weighted by molar-refractivity contribution is 8.00. The molecule has 0 fully saturated rings. The van der Waals surface area contributed by atoms with Gasteiger partial charge in [0.25, 0.3) is 5.91 Å². The minimum absolute atomic E-state index is 0.314. The molecule has 7 heteroatoms. The van der Waals surface area contributed by atoms with Crippen molar-refractivity contribution in [2.75, 3.05) is 39.2 Å². The Labute approximate surface area is 168 Å². The number of ether oxygens (including phenoxy) is 1. The molecule has 27 heavy (non-hydrogen) atoms. The number of thioether (sulfide) groups is 1. The van der Waals surface area contributed by atoms with Crippen LogP contribution in [0.2, 0.25) is 5.02 Å². The highest BCUT2D eigenvalue weighted by atomic mass is 35.5. The molecule has 0 aliphatic carbocycles. The Morgan fingerprint density at radius 1 is 1.22 bits per heavy atom. The first kappa shape index (κ1) is 20.0. The van der Waals surface area contributed by atoms with Gasteiger partial charge in [0.05, 0.1) is 28.0 Å². The number of anilines is 1. The lowest BCUT2D eigenvalue weighted by molar-refractivity contribution is -0.126. The van der Waals surface area contributed by atoms with E-state index in [-0.39, 0.29) is 5.91 Å². The maximum atomic E-state index is 13.1. The lowest BCUT2D eigenvalue weighted by atomic mass is 10.1. The maximum absolute atomic E-state index is 13.1. The summed E-state index contributed by atoms with van der Waals surface area (Å²) in [5.41, 5.74) is 1.59. The van der Waals surface area contributed by atoms with Crippen molar-refractivity contribution in [2.45, 2.75) is 16.2 Å². The van der Waals surface area contributed by atoms with Crippen LogP contribution in [0.5, 0.6) is 5.75 Å². The van der Waals surface area contributed by atoms with Gasteiger partial charge < -0.3 is 19.6 Å². The molecule has 1 aliphatic heterocycles. The third kappa shape index (κ3) is 4.24. The number of fused-ring (bicyclic) bond motifs is 1. The van der Waals surface area contributed by atoms with Crippen LogP contribution in [0.4, 0.5) is 5.69 Å². The number of rotatable bonds is 5. The van der Waals surface area contributed by atoms with Gasteiger partial charge in [-0.25, -0.2) is 0 Å². The normalized spacial score (nSPS) is 19.8. The van der Waals surface area contributed by atoms with E-state index in [1.54, 1.807) is 12.0 Å². The topological polar surface area (TPSA) is 53.0 Å². The fraction of sp³-hybridized carbons (Fsp3) is 0.350. The number of hydrogen-bond acceptors (Lipinski definition) is 5. The molecule has 5 nitrogen and oxygen atoms in total. The molecule has 1 aliphatic rings. The van der Waals surface area contributed by atoms with Crippen LogP contribution in [0, 0.1) is 0 Å². The Morgan fingerprint density at radius 2 is 1.93 bits per heavy atom. The zero-order valence-corrected chi connectivity index (χ0v) is 17.1. The predicted molar refractivity (Wildman–Crippen MR) is 110 cm³/mol. The summed E-state index contributed by atoms with van der Waals surface area (Å²) in [5.74, 6) is 0.412. The molecule has 1 heterocycles. The van der Waals surface area contributed by atoms with Gasteiger partial charge in [-0.1, -0.05) is 29.8 Å². The fourth-order valence-corrected chi connectivity index (χ4v) is 4.58. The average Bonchev–Trinajstić information content (AvgIpc) is 2.76. The van der Waals surface area contributed by atoms with Crippen molar-refractivity contribution in [2.24, 2.45) is 0 Å². The standard InChI is InChI=1S/C20H23ClN2O3S/c1-22(2)11-12-23-16-6-4-5-15(21)19(16)27-18(17(24)20(23)25)13-7-9-14(26-3)10-8-13/h4-10,17-18,24H,11-12H2,1-3H3. The van der Waals surface area contributed by atoms with Crippen LogP contribution in [-0.4, -0.2) is 56.3 Å². The van der Waals surface area contributed by atoms with E-state index in [9.17, 15) is 9.90 Å². The minimum Gasteiger partial charge on any atom is -0.497 e. The predicted octanol–water partition coefficient (Wildman–Crippen LogP) is 3.45. The molecule has 1 N–H and O–H groups in total. The molecule has 2 unspecified atom stereocenters. The van der Waals surface area contributed by atoms with Crippen molar-refractivity contribution in [3.63, 3.8) is 0 Å². The number of benzene rings is 2. The number of amides is 1. The van der Waals surface area contributed by atoms with Crippen molar-refractivity contribution in [3.05, 3.63) is 53.1 Å². The molecule has 2 aromatic carbocycles. The quantitative estimate of drug-likeness (QED) is 0.824. The summed E-state index contributed by atoms with van der Waals surface area (Å²) in [6.45, 7) is 1.16. The van der Waals surface area contributed by atoms with E-state index < -0.39 is 11.4 Å². The molecule has 2 aromatic rings. The van der Waals surface area contributed by atoms with Crippen molar-refractivity contribution in [1.82, 2.24) is 4.90 Å². The summed E-state index contributed by atoms with van der Waals surface area (Å²) < 4.78 is 5.21. The highest BCUT2D eigenvalue weighted by Crippen LogP contribution is 2.48. The van der Waals surface area contributed by atoms with Gasteiger partial charge in [0.1, 0.15) is 11.9 Å². The summed E-state index contributed by atoms with van der Waals surface area (Å²) in [7, 11) is 5.51. The van der Waals surface area contributed by atoms with Gasteiger partial charge in [0, 0.05) is 13.1 Å². The summed E-state index contributed by atoms with van der Waals surface area (Å²) in [4.78, 5) is 17.6. The molecule has 0 radical (unpaired) electrons. The fourth-order valence-electron chi connectivity index (χ4n) is 3.00. The lowest BCUT2D eigenvalue weighted by Crippen LogP contribution is -2.43. The van der Waals surface area contributed by atoms with Crippen LogP contribution >= 0.6 is 23.4 Å². The van der Waals surface area contributed by atoms with Gasteiger partial charge >= 0.3 is 0 Å². The number of halogens is 1. The molecule has 0 aromatic heterocycles. The molecular formula is C20H23ClN2O3S. The van der Waals surface area contributed by atoms with Crippen molar-refractivity contribution in [1.29, 1.82) is 0 Å². The van der Waals surface area contributed by atoms with Crippen LogP contribution < -0.4 is 9.64 Å². The number of hydrogen-bond donors (Lipinski definition) is 1. The second kappa shape index (κ2) is 8.52. The molecule has 0 saturated carbocycles. The van der Waals surface area contributed by atoms with Gasteiger partial charge in [0.2, 0.25) is 0 Å². The third-order valence-corrected chi connectivity index (χ3v) is 6.38. The van der Waals surface area contributed by atoms with Crippen molar-refractivity contribution in [3.8, 4) is 5.75 Å². The van der Waals surface area contributed by atoms with E-state index in [4.69, 9.17) is 16.3 Å². The Kier molecular flexibility index (Phi) is 6.32. The summed E-state index contributed by atoms with van der Waals surface area (Å²) >= 11 is 7.89. The molecule has 1 amide bonds. The number of carbonyl (C=O) groups is 1. The first-order chi connectivity index (χ1) is 12.9. The Morgan fingerprint density at radius 3 is 2.56 bits per heavy atom. The summed E-state index contributed by atoms with van der Waals surface area (Å²) in [5, 5.41) is 11.0. The Balaban J connectivity index is 2.02. The molecule has 0 saturated heterocycles. The van der Waals surface area contributed by atoms with E-state index in [1.165, 1.54) is 11.8 Å². The van der Waals surface area contributed by atoms with Gasteiger partial charge in [-0.2, -0.15) is 0 Å². The van der Waals surface area contributed by atoms with Crippen LogP contribution in [0.1, 0.15) is 10.8 Å². The van der Waals surface area contributed by atoms with Crippen LogP contribution in [0.3, 0.4) is 0 Å². The van der Waals surface area contributed by atoms with E-state index in [2.05, 4.69) is 0 Å². The van der Waals surface area contributed by atoms with Crippen LogP contribution in [-0.2, 0) is 4.79 Å². The molecule has 3 rings (SSSR count). The van der Waals surface area contributed by atoms with E-state index in [1.807, 2.05) is 61.5 Å². The summed E-state index contributed by atoms with van der Waals surface area (Å²) in [6.07, 6.45) is -1.17. The molecule has 2 atom stereocenters. The molecular weight excluding hydrogens is 384 g/mol. The number of likely N-dealkylation sites (N-methyl/N-ethyl adjacent to an activating group) is 1. The lowest BCUT2D eigenvalue weighted by Gasteiger charge is -2.26. The van der Waals surface area contributed by atoms with Gasteiger partial charge in [-0.3, -0.25) is 4.79 Å². The van der Waals surface area contributed by atoms with Crippen LogP contribution in [0.25, 0.3) is 0 Å². The summed E-state index contributed by atoms with van der Waals surface area (Å²) in [6, 6.07) is 12.9. The smallest absolute Gasteiger partial charge is 0.257 e. The maximum Gasteiger partial charge on any atom is 0.257 e. The second-order valence-electron chi connectivity index (χ2n) is 6.64. The zero-order chi connectivity index (χ0) is 19.6. The van der Waals surface area contributed by atoms with Gasteiger partial charge in [0.15, 0.2) is 0 Å².